The van der Waals surface area contributed by atoms with E-state index in [0.717, 1.165) is 19.3 Å². The minimum atomic E-state index is -0.941. The summed E-state index contributed by atoms with van der Waals surface area (Å²) < 4.78 is 20.0. The fourth-order valence-corrected chi connectivity index (χ4v) is 2.90. The highest BCUT2D eigenvalue weighted by atomic mass is 16.6. The van der Waals surface area contributed by atoms with Crippen LogP contribution in [0.1, 0.15) is 62.9 Å². The largest absolute Gasteiger partial charge is 0.481 e. The Hall–Kier alpha value is -3.30. The average Bonchev–Trinajstić information content (AvgIpc) is 2.78. The van der Waals surface area contributed by atoms with E-state index >= 15 is 0 Å². The first-order valence-electron chi connectivity index (χ1n) is 11.2. The number of carbonyl (C=O) groups excluding carboxylic acids is 4. The number of methoxy groups -OCH3 is 2. The van der Waals surface area contributed by atoms with Crippen LogP contribution in [0.25, 0.3) is 0 Å². The first-order chi connectivity index (χ1) is 16.0. The Balaban J connectivity index is 3.10. The molecule has 0 spiro atoms. The molecule has 0 aliphatic carbocycles. The third kappa shape index (κ3) is 10.5. The van der Waals surface area contributed by atoms with Gasteiger partial charge in [0.15, 0.2) is 6.61 Å². The second-order valence-corrected chi connectivity index (χ2v) is 8.59. The normalized spacial score (nSPS) is 11.7. The summed E-state index contributed by atoms with van der Waals surface area (Å²) in [7, 11) is 2.44. The van der Waals surface area contributed by atoms with Crippen LogP contribution < -0.4 is 15.4 Å². The van der Waals surface area contributed by atoms with Gasteiger partial charge in [-0.3, -0.25) is 4.79 Å². The average molecular weight is 481 g/mol. The lowest BCUT2D eigenvalue weighted by Crippen LogP contribution is -2.49. The predicted octanol–water partition coefficient (Wildman–Crippen LogP) is 2.77. The smallest absolute Gasteiger partial charge is 0.408 e. The zero-order valence-electron chi connectivity index (χ0n) is 20.8. The summed E-state index contributed by atoms with van der Waals surface area (Å²) in [4.78, 5) is 48.8. The van der Waals surface area contributed by atoms with Gasteiger partial charge < -0.3 is 29.6 Å². The molecule has 10 nitrogen and oxygen atoms in total. The van der Waals surface area contributed by atoms with Crippen LogP contribution in [0.4, 0.5) is 4.79 Å². The van der Waals surface area contributed by atoms with Crippen molar-refractivity contribution in [2.45, 2.75) is 65.0 Å². The van der Waals surface area contributed by atoms with E-state index < -0.39 is 29.7 Å². The van der Waals surface area contributed by atoms with Gasteiger partial charge in [0.2, 0.25) is 5.91 Å². The van der Waals surface area contributed by atoms with Crippen molar-refractivity contribution in [2.24, 2.45) is 0 Å². The Morgan fingerprint density at radius 1 is 1.03 bits per heavy atom. The monoisotopic (exact) mass is 480 g/mol. The highest BCUT2D eigenvalue weighted by Crippen LogP contribution is 2.22. The summed E-state index contributed by atoms with van der Waals surface area (Å²) in [6.45, 7) is 7.33. The molecule has 0 saturated carbocycles. The van der Waals surface area contributed by atoms with Crippen LogP contribution >= 0.6 is 0 Å². The summed E-state index contributed by atoms with van der Waals surface area (Å²) >= 11 is 0. The summed E-state index contributed by atoms with van der Waals surface area (Å²) in [5.41, 5.74) is -0.0954. The molecule has 0 aliphatic heterocycles. The lowest BCUT2D eigenvalue weighted by atomic mass is 10.0. The Morgan fingerprint density at radius 2 is 1.74 bits per heavy atom. The fourth-order valence-electron chi connectivity index (χ4n) is 2.90. The van der Waals surface area contributed by atoms with Crippen LogP contribution in [0.2, 0.25) is 0 Å². The molecule has 0 aromatic heterocycles. The quantitative estimate of drug-likeness (QED) is 0.265. The van der Waals surface area contributed by atoms with Crippen LogP contribution in [-0.4, -0.2) is 63.0 Å². The minimum Gasteiger partial charge on any atom is -0.481 e. The number of unbranched alkanes of at least 4 members (excludes halogenated alkanes) is 2. The Kier molecular flexibility index (Phi) is 11.9. The number of hydrogen-bond acceptors (Lipinski definition) is 8. The molecule has 0 fully saturated rings. The van der Waals surface area contributed by atoms with Crippen LogP contribution in [0.15, 0.2) is 18.2 Å². The molecular weight excluding hydrogens is 444 g/mol. The number of nitrogens with one attached hydrogen (secondary N) is 2. The van der Waals surface area contributed by atoms with E-state index in [1.165, 1.54) is 26.4 Å². The summed E-state index contributed by atoms with van der Waals surface area (Å²) in [6.07, 6.45) is 2.16. The molecule has 0 saturated heterocycles. The van der Waals surface area contributed by atoms with Crippen molar-refractivity contribution in [3.05, 3.63) is 29.3 Å². The van der Waals surface area contributed by atoms with E-state index in [9.17, 15) is 19.2 Å². The Bertz CT molecular complexity index is 848. The van der Waals surface area contributed by atoms with Crippen molar-refractivity contribution in [3.63, 3.8) is 0 Å². The highest BCUT2D eigenvalue weighted by Gasteiger charge is 2.25. The highest BCUT2D eigenvalue weighted by molar-refractivity contribution is 5.93. The third-order valence-corrected chi connectivity index (χ3v) is 4.55. The van der Waals surface area contributed by atoms with Crippen LogP contribution in [-0.2, 0) is 30.2 Å². The second-order valence-electron chi connectivity index (χ2n) is 8.59. The maximum absolute atomic E-state index is 12.8. The molecule has 1 aromatic rings. The van der Waals surface area contributed by atoms with Crippen molar-refractivity contribution in [1.29, 1.82) is 0 Å². The van der Waals surface area contributed by atoms with Gasteiger partial charge >= 0.3 is 18.0 Å². The number of ether oxygens (including phenoxy) is 4. The minimum absolute atomic E-state index is 0.0725. The molecule has 1 atom stereocenters. The number of hydrogen-bond donors (Lipinski definition) is 2. The standard InChI is InChI=1S/C24H36N2O8/c1-7-8-9-12-25-21(28)18(26-23(30)34-24(2,3)4)14-16-10-11-19(33-15-20(27)31-5)17(13-16)22(29)32-6/h10-11,13,18H,7-9,12,14-15H2,1-6H3,(H,25,28)(H,26,30)/t18-/m0/s1. The molecule has 2 amide bonds. The first kappa shape index (κ1) is 28.7. The van der Waals surface area contributed by atoms with Gasteiger partial charge in [0.25, 0.3) is 0 Å². The molecule has 190 valence electrons. The zero-order valence-corrected chi connectivity index (χ0v) is 20.8. The molecule has 10 heteroatoms. The van der Waals surface area contributed by atoms with Gasteiger partial charge in [-0.05, 0) is 44.9 Å². The van der Waals surface area contributed by atoms with Crippen molar-refractivity contribution >= 4 is 23.9 Å². The van der Waals surface area contributed by atoms with Crippen LogP contribution in [0.5, 0.6) is 5.75 Å². The SMILES string of the molecule is CCCCCNC(=O)[C@H](Cc1ccc(OCC(=O)OC)c(C(=O)OC)c1)NC(=O)OC(C)(C)C. The van der Waals surface area contributed by atoms with Gasteiger partial charge in [-0.1, -0.05) is 25.8 Å². The van der Waals surface area contributed by atoms with Gasteiger partial charge in [0, 0.05) is 13.0 Å². The fraction of sp³-hybridized carbons (Fsp3) is 0.583. The summed E-state index contributed by atoms with van der Waals surface area (Å²) in [6, 6.07) is 3.68. The van der Waals surface area contributed by atoms with E-state index in [4.69, 9.17) is 14.2 Å². The molecule has 0 bridgehead atoms. The number of amides is 2. The number of esters is 2. The molecule has 0 unspecified atom stereocenters. The van der Waals surface area contributed by atoms with Gasteiger partial charge in [-0.15, -0.1) is 0 Å². The van der Waals surface area contributed by atoms with Crippen molar-refractivity contribution < 1.29 is 38.1 Å². The summed E-state index contributed by atoms with van der Waals surface area (Å²) in [5, 5.41) is 5.43. The lowest BCUT2D eigenvalue weighted by molar-refractivity contribution is -0.142. The lowest BCUT2D eigenvalue weighted by Gasteiger charge is -2.23. The molecule has 0 aliphatic rings. The number of alkyl carbamates (subject to hydrolysis) is 1. The van der Waals surface area contributed by atoms with E-state index in [1.807, 2.05) is 0 Å². The van der Waals surface area contributed by atoms with E-state index in [0.29, 0.717) is 12.1 Å². The maximum Gasteiger partial charge on any atom is 0.408 e. The Morgan fingerprint density at radius 3 is 2.32 bits per heavy atom. The van der Waals surface area contributed by atoms with Gasteiger partial charge in [0.1, 0.15) is 23.0 Å². The molecule has 2 N–H and O–H groups in total. The number of benzene rings is 1. The zero-order chi connectivity index (χ0) is 25.7. The number of rotatable bonds is 12. The number of carbonyl (C=O) groups is 4. The van der Waals surface area contributed by atoms with Crippen LogP contribution in [0, 0.1) is 0 Å². The van der Waals surface area contributed by atoms with E-state index in [1.54, 1.807) is 26.8 Å². The van der Waals surface area contributed by atoms with Gasteiger partial charge in [-0.25, -0.2) is 14.4 Å². The van der Waals surface area contributed by atoms with Crippen molar-refractivity contribution in [3.8, 4) is 5.75 Å². The van der Waals surface area contributed by atoms with Crippen molar-refractivity contribution in [2.75, 3.05) is 27.4 Å². The van der Waals surface area contributed by atoms with E-state index in [2.05, 4.69) is 22.3 Å². The second kappa shape index (κ2) is 14.1. The molecule has 34 heavy (non-hydrogen) atoms. The molecule has 1 rings (SSSR count). The first-order valence-corrected chi connectivity index (χ1v) is 11.2. The Labute approximate surface area is 200 Å². The van der Waals surface area contributed by atoms with E-state index in [-0.39, 0.29) is 30.2 Å². The maximum atomic E-state index is 12.8. The molecule has 1 aromatic carbocycles. The van der Waals surface area contributed by atoms with Crippen LogP contribution in [0.3, 0.4) is 0 Å². The van der Waals surface area contributed by atoms with Crippen molar-refractivity contribution in [1.82, 2.24) is 10.6 Å². The van der Waals surface area contributed by atoms with Gasteiger partial charge in [0.05, 0.1) is 14.2 Å². The third-order valence-electron chi connectivity index (χ3n) is 4.55. The molecule has 0 heterocycles. The molecule has 0 radical (unpaired) electrons. The topological polar surface area (TPSA) is 129 Å². The molecular formula is C24H36N2O8. The summed E-state index contributed by atoms with van der Waals surface area (Å²) in [5.74, 6) is -1.53. The van der Waals surface area contributed by atoms with Gasteiger partial charge in [-0.2, -0.15) is 0 Å². The predicted molar refractivity (Wildman–Crippen MR) is 125 cm³/mol.